The fraction of sp³-hybridized carbons (Fsp3) is 0.176. The van der Waals surface area contributed by atoms with Crippen LogP contribution in [0.4, 0.5) is 5.69 Å². The van der Waals surface area contributed by atoms with Crippen LogP contribution in [0.1, 0.15) is 17.3 Å². The van der Waals surface area contributed by atoms with E-state index in [1.54, 1.807) is 20.2 Å². The van der Waals surface area contributed by atoms with Gasteiger partial charge in [-0.25, -0.2) is 0 Å². The van der Waals surface area contributed by atoms with Crippen molar-refractivity contribution in [3.05, 3.63) is 48.0 Å². The Morgan fingerprint density at radius 1 is 1.09 bits per heavy atom. The first-order valence-corrected chi connectivity index (χ1v) is 6.82. The van der Waals surface area contributed by atoms with Crippen LogP contribution >= 0.6 is 0 Å². The van der Waals surface area contributed by atoms with E-state index >= 15 is 0 Å². The topological polar surface area (TPSA) is 69.6 Å². The summed E-state index contributed by atoms with van der Waals surface area (Å²) >= 11 is 0. The Hall–Kier alpha value is -2.82. The molecule has 0 atom stereocenters. The van der Waals surface area contributed by atoms with Crippen LogP contribution in [0.25, 0.3) is 11.1 Å². The van der Waals surface area contributed by atoms with E-state index in [4.69, 9.17) is 0 Å². The summed E-state index contributed by atoms with van der Waals surface area (Å²) in [5.74, 6) is -0.672. The van der Waals surface area contributed by atoms with Crippen LogP contribution in [0, 0.1) is 0 Å². The molecule has 0 aromatic heterocycles. The SMILES string of the molecule is CC(=O)Nc1cc(C(=O)N(C)C)c(O)c(-c2ccccc2)c1. The molecule has 0 aliphatic carbocycles. The van der Waals surface area contributed by atoms with Crippen LogP contribution < -0.4 is 5.32 Å². The molecule has 0 fully saturated rings. The molecule has 0 saturated heterocycles. The zero-order valence-electron chi connectivity index (χ0n) is 12.8. The van der Waals surface area contributed by atoms with Gasteiger partial charge in [0.2, 0.25) is 5.91 Å². The standard InChI is InChI=1S/C17H18N2O3/c1-11(20)18-13-9-14(12-7-5-4-6-8-12)16(21)15(10-13)17(22)19(2)3/h4-10,21H,1-3H3,(H,18,20). The van der Waals surface area contributed by atoms with Crippen molar-refractivity contribution >= 4 is 17.5 Å². The minimum atomic E-state index is -0.332. The Balaban J connectivity index is 2.64. The van der Waals surface area contributed by atoms with Gasteiger partial charge in [-0.1, -0.05) is 30.3 Å². The maximum Gasteiger partial charge on any atom is 0.257 e. The molecule has 0 saturated carbocycles. The highest BCUT2D eigenvalue weighted by molar-refractivity contribution is 6.01. The fourth-order valence-corrected chi connectivity index (χ4v) is 2.15. The average Bonchev–Trinajstić information content (AvgIpc) is 2.48. The second kappa shape index (κ2) is 6.30. The number of phenolic OH excluding ortho intramolecular Hbond substituents is 1. The van der Waals surface area contributed by atoms with Gasteiger partial charge in [-0.3, -0.25) is 9.59 Å². The van der Waals surface area contributed by atoms with Gasteiger partial charge < -0.3 is 15.3 Å². The molecular formula is C17H18N2O3. The lowest BCUT2D eigenvalue weighted by molar-refractivity contribution is -0.114. The number of phenols is 1. The Morgan fingerprint density at radius 2 is 1.73 bits per heavy atom. The van der Waals surface area contributed by atoms with Gasteiger partial charge in [0.1, 0.15) is 5.75 Å². The van der Waals surface area contributed by atoms with Crippen LogP contribution in [-0.2, 0) is 4.79 Å². The summed E-state index contributed by atoms with van der Waals surface area (Å²) < 4.78 is 0. The molecule has 0 aliphatic rings. The van der Waals surface area contributed by atoms with Crippen molar-refractivity contribution in [3.63, 3.8) is 0 Å². The van der Waals surface area contributed by atoms with Crippen molar-refractivity contribution in [2.24, 2.45) is 0 Å². The van der Waals surface area contributed by atoms with Crippen molar-refractivity contribution in [2.75, 3.05) is 19.4 Å². The molecule has 22 heavy (non-hydrogen) atoms. The molecule has 0 spiro atoms. The summed E-state index contributed by atoms with van der Waals surface area (Å²) in [6.07, 6.45) is 0. The second-order valence-corrected chi connectivity index (χ2v) is 5.17. The lowest BCUT2D eigenvalue weighted by Crippen LogP contribution is -2.22. The van der Waals surface area contributed by atoms with Gasteiger partial charge in [-0.2, -0.15) is 0 Å². The average molecular weight is 298 g/mol. The molecule has 2 rings (SSSR count). The maximum atomic E-state index is 12.2. The van der Waals surface area contributed by atoms with Gasteiger partial charge in [0.05, 0.1) is 5.56 Å². The first-order valence-electron chi connectivity index (χ1n) is 6.82. The van der Waals surface area contributed by atoms with Crippen LogP contribution in [0.15, 0.2) is 42.5 Å². The van der Waals surface area contributed by atoms with Crippen molar-refractivity contribution in [3.8, 4) is 16.9 Å². The largest absolute Gasteiger partial charge is 0.506 e. The summed E-state index contributed by atoms with van der Waals surface area (Å²) in [5, 5.41) is 13.1. The number of amides is 2. The van der Waals surface area contributed by atoms with Crippen LogP contribution in [-0.4, -0.2) is 35.9 Å². The van der Waals surface area contributed by atoms with E-state index in [-0.39, 0.29) is 23.1 Å². The van der Waals surface area contributed by atoms with Crippen LogP contribution in [0.3, 0.4) is 0 Å². The van der Waals surface area contributed by atoms with Crippen molar-refractivity contribution in [2.45, 2.75) is 6.92 Å². The Labute approximate surface area is 129 Å². The summed E-state index contributed by atoms with van der Waals surface area (Å²) in [6.45, 7) is 1.39. The van der Waals surface area contributed by atoms with Crippen molar-refractivity contribution in [1.29, 1.82) is 0 Å². The zero-order chi connectivity index (χ0) is 16.3. The third-order valence-corrected chi connectivity index (χ3v) is 3.15. The van der Waals surface area contributed by atoms with Crippen molar-refractivity contribution in [1.82, 2.24) is 4.90 Å². The van der Waals surface area contributed by atoms with Crippen LogP contribution in [0.2, 0.25) is 0 Å². The second-order valence-electron chi connectivity index (χ2n) is 5.17. The van der Waals surface area contributed by atoms with Gasteiger partial charge in [0.25, 0.3) is 5.91 Å². The lowest BCUT2D eigenvalue weighted by atomic mass is 9.99. The number of carbonyl (C=O) groups is 2. The normalized spacial score (nSPS) is 10.1. The van der Waals surface area contributed by atoms with Gasteiger partial charge in [0, 0.05) is 32.3 Å². The molecule has 0 bridgehead atoms. The number of carbonyl (C=O) groups excluding carboxylic acids is 2. The number of anilines is 1. The fourth-order valence-electron chi connectivity index (χ4n) is 2.15. The highest BCUT2D eigenvalue weighted by Crippen LogP contribution is 2.35. The van der Waals surface area contributed by atoms with Gasteiger partial charge in [0.15, 0.2) is 0 Å². The van der Waals surface area contributed by atoms with Gasteiger partial charge in [-0.05, 0) is 17.7 Å². The summed E-state index contributed by atoms with van der Waals surface area (Å²) in [7, 11) is 3.21. The van der Waals surface area contributed by atoms with Crippen LogP contribution in [0.5, 0.6) is 5.75 Å². The Morgan fingerprint density at radius 3 is 2.27 bits per heavy atom. The van der Waals surface area contributed by atoms with E-state index in [2.05, 4.69) is 5.32 Å². The molecule has 0 radical (unpaired) electrons. The molecule has 114 valence electrons. The quantitative estimate of drug-likeness (QED) is 0.856. The predicted molar refractivity (Wildman–Crippen MR) is 85.9 cm³/mol. The maximum absolute atomic E-state index is 12.2. The van der Waals surface area contributed by atoms with E-state index < -0.39 is 0 Å². The van der Waals surface area contributed by atoms with E-state index in [0.717, 1.165) is 5.56 Å². The smallest absolute Gasteiger partial charge is 0.257 e. The summed E-state index contributed by atoms with van der Waals surface area (Å²) in [4.78, 5) is 24.9. The molecular weight excluding hydrogens is 280 g/mol. The van der Waals surface area contributed by atoms with E-state index in [1.165, 1.54) is 17.9 Å². The van der Waals surface area contributed by atoms with Crippen molar-refractivity contribution < 1.29 is 14.7 Å². The number of nitrogens with zero attached hydrogens (tertiary/aromatic N) is 1. The van der Waals surface area contributed by atoms with Gasteiger partial charge >= 0.3 is 0 Å². The molecule has 0 aliphatic heterocycles. The summed E-state index contributed by atoms with van der Waals surface area (Å²) in [5.41, 5.74) is 1.88. The minimum Gasteiger partial charge on any atom is -0.506 e. The highest BCUT2D eigenvalue weighted by Gasteiger charge is 2.19. The zero-order valence-corrected chi connectivity index (χ0v) is 12.8. The van der Waals surface area contributed by atoms with Gasteiger partial charge in [-0.15, -0.1) is 0 Å². The first-order chi connectivity index (χ1) is 10.4. The molecule has 5 heteroatoms. The Kier molecular flexibility index (Phi) is 4.46. The minimum absolute atomic E-state index is 0.0981. The van der Waals surface area contributed by atoms with E-state index in [1.807, 2.05) is 30.3 Å². The molecule has 2 aromatic carbocycles. The monoisotopic (exact) mass is 298 g/mol. The number of hydrogen-bond donors (Lipinski definition) is 2. The number of nitrogens with one attached hydrogen (secondary N) is 1. The van der Waals surface area contributed by atoms with E-state index in [9.17, 15) is 14.7 Å². The Bertz CT molecular complexity index is 709. The highest BCUT2D eigenvalue weighted by atomic mass is 16.3. The number of benzene rings is 2. The molecule has 5 nitrogen and oxygen atoms in total. The van der Waals surface area contributed by atoms with E-state index in [0.29, 0.717) is 11.3 Å². The number of hydrogen-bond acceptors (Lipinski definition) is 3. The molecule has 2 N–H and O–H groups in total. The summed E-state index contributed by atoms with van der Waals surface area (Å²) in [6, 6.07) is 12.3. The predicted octanol–water partition coefficient (Wildman–Crippen LogP) is 2.72. The first kappa shape index (κ1) is 15.6. The lowest BCUT2D eigenvalue weighted by Gasteiger charge is -2.16. The third kappa shape index (κ3) is 3.25. The molecule has 0 unspecified atom stereocenters. The molecule has 2 aromatic rings. The number of aromatic hydroxyl groups is 1. The third-order valence-electron chi connectivity index (χ3n) is 3.15. The molecule has 2 amide bonds. The molecule has 0 heterocycles. The number of rotatable bonds is 3.